The fourth-order valence-corrected chi connectivity index (χ4v) is 3.40. The first-order valence-electron chi connectivity index (χ1n) is 9.75. The van der Waals surface area contributed by atoms with Crippen LogP contribution in [-0.4, -0.2) is 41.2 Å². The Kier molecular flexibility index (Phi) is 5.91. The summed E-state index contributed by atoms with van der Waals surface area (Å²) in [5, 5.41) is 18.4. The van der Waals surface area contributed by atoms with Gasteiger partial charge < -0.3 is 10.6 Å². The Morgan fingerprint density at radius 3 is 2.12 bits per heavy atom. The maximum absolute atomic E-state index is 12.6. The number of halogens is 1. The first-order chi connectivity index (χ1) is 15.3. The minimum absolute atomic E-state index is 0.272. The number of hydrogen-bond donors (Lipinski definition) is 2. The highest BCUT2D eigenvalue weighted by molar-refractivity contribution is 9.10. The number of aryl methyl sites for hydroxylation is 2. The number of anilines is 2. The molecule has 1 aromatic carbocycles. The summed E-state index contributed by atoms with van der Waals surface area (Å²) in [7, 11) is 1.74. The number of benzene rings is 1. The lowest BCUT2D eigenvalue weighted by molar-refractivity contribution is 0.101. The number of amides is 2. The molecule has 3 heterocycles. The van der Waals surface area contributed by atoms with E-state index in [4.69, 9.17) is 0 Å². The normalized spacial score (nSPS) is 10.9. The molecule has 11 heteroatoms. The summed E-state index contributed by atoms with van der Waals surface area (Å²) in [6.45, 7) is 4.27. The molecule has 0 saturated heterocycles. The van der Waals surface area contributed by atoms with E-state index in [0.717, 1.165) is 15.9 Å². The van der Waals surface area contributed by atoms with Gasteiger partial charge in [-0.3, -0.25) is 19.0 Å². The number of carbonyl (C=O) groups is 2. The minimum Gasteiger partial charge on any atom is -0.321 e. The van der Waals surface area contributed by atoms with Gasteiger partial charge in [-0.05, 0) is 60.1 Å². The average Bonchev–Trinajstić information content (AvgIpc) is 3.46. The highest BCUT2D eigenvalue weighted by atomic mass is 79.9. The largest absolute Gasteiger partial charge is 0.321 e. The van der Waals surface area contributed by atoms with Crippen LogP contribution in [0, 0.1) is 13.8 Å². The third-order valence-electron chi connectivity index (χ3n) is 4.77. The second-order valence-corrected chi connectivity index (χ2v) is 8.02. The van der Waals surface area contributed by atoms with E-state index in [1.54, 1.807) is 65.2 Å². The zero-order valence-electron chi connectivity index (χ0n) is 17.7. The Morgan fingerprint density at radius 2 is 1.56 bits per heavy atom. The van der Waals surface area contributed by atoms with Crippen LogP contribution in [0.2, 0.25) is 0 Å². The van der Waals surface area contributed by atoms with E-state index in [1.807, 2.05) is 18.5 Å². The monoisotopic (exact) mass is 496 g/mol. The maximum Gasteiger partial charge on any atom is 0.276 e. The topological polar surface area (TPSA) is 112 Å². The highest BCUT2D eigenvalue weighted by Gasteiger charge is 2.14. The molecule has 2 amide bonds. The van der Waals surface area contributed by atoms with Crippen molar-refractivity contribution in [1.29, 1.82) is 0 Å². The van der Waals surface area contributed by atoms with Crippen molar-refractivity contribution in [3.05, 3.63) is 76.0 Å². The Hall–Kier alpha value is -3.73. The van der Waals surface area contributed by atoms with Gasteiger partial charge in [0.05, 0.1) is 15.9 Å². The third kappa shape index (κ3) is 4.62. The summed E-state index contributed by atoms with van der Waals surface area (Å²) < 4.78 is 5.96. The first-order valence-corrected chi connectivity index (χ1v) is 10.5. The molecule has 0 bridgehead atoms. The van der Waals surface area contributed by atoms with E-state index in [-0.39, 0.29) is 17.5 Å². The smallest absolute Gasteiger partial charge is 0.276 e. The fourth-order valence-electron chi connectivity index (χ4n) is 3.11. The second kappa shape index (κ2) is 8.79. The summed E-state index contributed by atoms with van der Waals surface area (Å²) in [5.41, 5.74) is 3.52. The van der Waals surface area contributed by atoms with Crippen molar-refractivity contribution in [3.63, 3.8) is 0 Å². The zero-order chi connectivity index (χ0) is 22.8. The van der Waals surface area contributed by atoms with Crippen molar-refractivity contribution in [2.45, 2.75) is 20.5 Å². The number of hydrogen-bond acceptors (Lipinski definition) is 5. The molecule has 10 nitrogen and oxygen atoms in total. The standard InChI is InChI=1S/C21H21BrN8O2/c1-13-19(22)14(2)30(25-13)12-29-10-8-18(27-29)21(32)24-16-6-4-5-15(11-16)23-20(31)17-7-9-28(3)26-17/h4-11H,12H2,1-3H3,(H,23,31)(H,24,32). The van der Waals surface area contributed by atoms with Crippen molar-refractivity contribution < 1.29 is 9.59 Å². The van der Waals surface area contributed by atoms with Gasteiger partial charge >= 0.3 is 0 Å². The average molecular weight is 497 g/mol. The molecule has 0 fully saturated rings. The van der Waals surface area contributed by atoms with E-state index in [1.165, 1.54) is 0 Å². The number of aromatic nitrogens is 6. The SMILES string of the molecule is Cc1nn(Cn2ccc(C(=O)Nc3cccc(NC(=O)c4ccn(C)n4)c3)n2)c(C)c1Br. The van der Waals surface area contributed by atoms with E-state index in [0.29, 0.717) is 23.7 Å². The molecule has 0 aliphatic heterocycles. The van der Waals surface area contributed by atoms with Gasteiger partial charge in [0.2, 0.25) is 0 Å². The summed E-state index contributed by atoms with van der Waals surface area (Å²) in [4.78, 5) is 24.9. The predicted octanol–water partition coefficient (Wildman–Crippen LogP) is 3.20. The van der Waals surface area contributed by atoms with Crippen LogP contribution in [0.15, 0.2) is 53.3 Å². The molecular weight excluding hydrogens is 476 g/mol. The molecule has 0 atom stereocenters. The number of nitrogens with one attached hydrogen (secondary N) is 2. The number of nitrogens with zero attached hydrogens (tertiary/aromatic N) is 6. The zero-order valence-corrected chi connectivity index (χ0v) is 19.3. The van der Waals surface area contributed by atoms with Crippen LogP contribution in [0.3, 0.4) is 0 Å². The Morgan fingerprint density at radius 1 is 0.938 bits per heavy atom. The molecule has 32 heavy (non-hydrogen) atoms. The van der Waals surface area contributed by atoms with E-state index in [9.17, 15) is 9.59 Å². The number of carbonyl (C=O) groups excluding carboxylic acids is 2. The van der Waals surface area contributed by atoms with Crippen molar-refractivity contribution in [1.82, 2.24) is 29.3 Å². The van der Waals surface area contributed by atoms with Crippen molar-refractivity contribution >= 4 is 39.1 Å². The van der Waals surface area contributed by atoms with Gasteiger partial charge in [-0.2, -0.15) is 15.3 Å². The van der Waals surface area contributed by atoms with Crippen LogP contribution >= 0.6 is 15.9 Å². The molecule has 4 aromatic rings. The lowest BCUT2D eigenvalue weighted by Crippen LogP contribution is -2.16. The highest BCUT2D eigenvalue weighted by Crippen LogP contribution is 2.20. The number of rotatable bonds is 6. The fraction of sp³-hybridized carbons (Fsp3) is 0.190. The summed E-state index contributed by atoms with van der Waals surface area (Å²) in [6.07, 6.45) is 3.42. The Labute approximate surface area is 192 Å². The van der Waals surface area contributed by atoms with Crippen LogP contribution in [0.1, 0.15) is 32.4 Å². The van der Waals surface area contributed by atoms with Crippen LogP contribution in [0.25, 0.3) is 0 Å². The van der Waals surface area contributed by atoms with E-state index >= 15 is 0 Å². The lowest BCUT2D eigenvalue weighted by Gasteiger charge is -2.08. The van der Waals surface area contributed by atoms with Crippen molar-refractivity contribution in [3.8, 4) is 0 Å². The Bertz CT molecular complexity index is 1300. The molecule has 0 unspecified atom stereocenters. The van der Waals surface area contributed by atoms with Gasteiger partial charge in [0, 0.05) is 30.8 Å². The summed E-state index contributed by atoms with van der Waals surface area (Å²) >= 11 is 3.51. The quantitative estimate of drug-likeness (QED) is 0.425. The maximum atomic E-state index is 12.6. The molecule has 0 aliphatic rings. The second-order valence-electron chi connectivity index (χ2n) is 7.23. The summed E-state index contributed by atoms with van der Waals surface area (Å²) in [6, 6.07) is 10.1. The molecule has 164 valence electrons. The predicted molar refractivity (Wildman–Crippen MR) is 123 cm³/mol. The minimum atomic E-state index is -0.355. The van der Waals surface area contributed by atoms with Crippen LogP contribution in [-0.2, 0) is 13.7 Å². The first kappa shape index (κ1) is 21.5. The molecule has 4 rings (SSSR count). The summed E-state index contributed by atoms with van der Waals surface area (Å²) in [5.74, 6) is -0.685. The van der Waals surface area contributed by atoms with Gasteiger partial charge in [0.25, 0.3) is 11.8 Å². The molecule has 0 spiro atoms. The van der Waals surface area contributed by atoms with Gasteiger partial charge in [-0.1, -0.05) is 6.07 Å². The van der Waals surface area contributed by atoms with Crippen molar-refractivity contribution in [2.75, 3.05) is 10.6 Å². The third-order valence-corrected chi connectivity index (χ3v) is 5.92. The van der Waals surface area contributed by atoms with Crippen LogP contribution in [0.4, 0.5) is 11.4 Å². The molecule has 3 aromatic heterocycles. The Balaban J connectivity index is 1.41. The molecule has 0 saturated carbocycles. The van der Waals surface area contributed by atoms with Crippen LogP contribution in [0.5, 0.6) is 0 Å². The van der Waals surface area contributed by atoms with E-state index < -0.39 is 0 Å². The van der Waals surface area contributed by atoms with Gasteiger partial charge in [-0.15, -0.1) is 0 Å². The lowest BCUT2D eigenvalue weighted by atomic mass is 10.2. The molecule has 0 radical (unpaired) electrons. The van der Waals surface area contributed by atoms with Gasteiger partial charge in [-0.25, -0.2) is 4.68 Å². The van der Waals surface area contributed by atoms with Crippen molar-refractivity contribution in [2.24, 2.45) is 7.05 Å². The van der Waals surface area contributed by atoms with Gasteiger partial charge in [0.15, 0.2) is 11.4 Å². The van der Waals surface area contributed by atoms with E-state index in [2.05, 4.69) is 41.9 Å². The van der Waals surface area contributed by atoms with Gasteiger partial charge in [0.1, 0.15) is 6.67 Å². The van der Waals surface area contributed by atoms with Crippen LogP contribution < -0.4 is 10.6 Å². The molecular formula is C21H21BrN8O2. The molecule has 0 aliphatic carbocycles. The molecule has 2 N–H and O–H groups in total.